The Morgan fingerprint density at radius 1 is 1.25 bits per heavy atom. The molecule has 1 aliphatic heterocycles. The van der Waals surface area contributed by atoms with Crippen LogP contribution in [0, 0.1) is 6.92 Å². The Labute approximate surface area is 128 Å². The summed E-state index contributed by atoms with van der Waals surface area (Å²) in [6.45, 7) is 4.14. The standard InChI is InChI=1S/C16H18BrN3/c1-11-8-15(12-4-2-6-14(17)9-12)20-16(19-11)13-5-3-7-18-10-13/h2,4,6,8-9,13,18H,3,5,7,10H2,1H3. The Kier molecular flexibility index (Phi) is 4.13. The fourth-order valence-corrected chi connectivity index (χ4v) is 3.04. The van der Waals surface area contributed by atoms with Gasteiger partial charge in [0, 0.05) is 28.2 Å². The summed E-state index contributed by atoms with van der Waals surface area (Å²) in [5.74, 6) is 1.42. The monoisotopic (exact) mass is 331 g/mol. The lowest BCUT2D eigenvalue weighted by atomic mass is 9.98. The van der Waals surface area contributed by atoms with Crippen molar-refractivity contribution in [2.75, 3.05) is 13.1 Å². The van der Waals surface area contributed by atoms with Gasteiger partial charge in [0.1, 0.15) is 5.82 Å². The van der Waals surface area contributed by atoms with Gasteiger partial charge in [-0.05, 0) is 44.5 Å². The first kappa shape index (κ1) is 13.7. The SMILES string of the molecule is Cc1cc(-c2cccc(Br)c2)nc(C2CCCNC2)n1. The van der Waals surface area contributed by atoms with Crippen LogP contribution in [0.15, 0.2) is 34.8 Å². The van der Waals surface area contributed by atoms with Crippen molar-refractivity contribution in [3.63, 3.8) is 0 Å². The molecule has 1 aromatic heterocycles. The molecular weight excluding hydrogens is 314 g/mol. The second-order valence-corrected chi connectivity index (χ2v) is 6.22. The molecule has 0 saturated carbocycles. The molecule has 104 valence electrons. The molecule has 0 bridgehead atoms. The molecule has 1 aromatic carbocycles. The normalized spacial score (nSPS) is 19.0. The van der Waals surface area contributed by atoms with Crippen LogP contribution in [-0.2, 0) is 0 Å². The maximum atomic E-state index is 4.80. The number of hydrogen-bond donors (Lipinski definition) is 1. The smallest absolute Gasteiger partial charge is 0.133 e. The van der Waals surface area contributed by atoms with Crippen molar-refractivity contribution in [3.05, 3.63) is 46.3 Å². The van der Waals surface area contributed by atoms with Crippen LogP contribution < -0.4 is 5.32 Å². The van der Waals surface area contributed by atoms with Crippen molar-refractivity contribution in [2.45, 2.75) is 25.7 Å². The predicted octanol–water partition coefficient (Wildman–Crippen LogP) is 3.68. The summed E-state index contributed by atoms with van der Waals surface area (Å²) in [5, 5.41) is 3.43. The van der Waals surface area contributed by atoms with E-state index in [2.05, 4.69) is 44.4 Å². The van der Waals surface area contributed by atoms with E-state index in [9.17, 15) is 0 Å². The zero-order chi connectivity index (χ0) is 13.9. The van der Waals surface area contributed by atoms with Gasteiger partial charge in [0.15, 0.2) is 0 Å². The summed E-state index contributed by atoms with van der Waals surface area (Å²) in [7, 11) is 0. The molecule has 0 aliphatic carbocycles. The van der Waals surface area contributed by atoms with E-state index in [1.54, 1.807) is 0 Å². The van der Waals surface area contributed by atoms with Crippen molar-refractivity contribution in [2.24, 2.45) is 0 Å². The van der Waals surface area contributed by atoms with Crippen molar-refractivity contribution in [3.8, 4) is 11.3 Å². The van der Waals surface area contributed by atoms with E-state index in [1.807, 2.05) is 19.1 Å². The largest absolute Gasteiger partial charge is 0.316 e. The maximum Gasteiger partial charge on any atom is 0.133 e. The Morgan fingerprint density at radius 3 is 2.90 bits per heavy atom. The van der Waals surface area contributed by atoms with Crippen LogP contribution >= 0.6 is 15.9 Å². The highest BCUT2D eigenvalue weighted by molar-refractivity contribution is 9.10. The Morgan fingerprint density at radius 2 is 2.15 bits per heavy atom. The molecular formula is C16H18BrN3. The minimum absolute atomic E-state index is 0.439. The van der Waals surface area contributed by atoms with E-state index in [-0.39, 0.29) is 0 Å². The molecule has 1 saturated heterocycles. The molecule has 0 spiro atoms. The van der Waals surface area contributed by atoms with Gasteiger partial charge in [0.25, 0.3) is 0 Å². The number of halogens is 1. The van der Waals surface area contributed by atoms with Gasteiger partial charge < -0.3 is 5.32 Å². The van der Waals surface area contributed by atoms with E-state index in [1.165, 1.54) is 12.8 Å². The van der Waals surface area contributed by atoms with Crippen LogP contribution in [0.1, 0.15) is 30.3 Å². The molecule has 3 rings (SSSR count). The second kappa shape index (κ2) is 6.02. The summed E-state index contributed by atoms with van der Waals surface area (Å²) in [6, 6.07) is 10.3. The van der Waals surface area contributed by atoms with Crippen LogP contribution in [-0.4, -0.2) is 23.1 Å². The molecule has 1 aliphatic rings. The summed E-state index contributed by atoms with van der Waals surface area (Å²) in [5.41, 5.74) is 3.19. The maximum absolute atomic E-state index is 4.80. The third kappa shape index (κ3) is 3.07. The Hall–Kier alpha value is -1.26. The molecule has 3 nitrogen and oxygen atoms in total. The fraction of sp³-hybridized carbons (Fsp3) is 0.375. The number of rotatable bonds is 2. The van der Waals surface area contributed by atoms with Crippen LogP contribution in [0.25, 0.3) is 11.3 Å². The highest BCUT2D eigenvalue weighted by Gasteiger charge is 2.19. The first-order valence-corrected chi connectivity index (χ1v) is 7.84. The van der Waals surface area contributed by atoms with E-state index in [0.29, 0.717) is 5.92 Å². The van der Waals surface area contributed by atoms with E-state index in [0.717, 1.165) is 40.3 Å². The van der Waals surface area contributed by atoms with Gasteiger partial charge in [-0.2, -0.15) is 0 Å². The van der Waals surface area contributed by atoms with E-state index < -0.39 is 0 Å². The molecule has 0 radical (unpaired) electrons. The van der Waals surface area contributed by atoms with Gasteiger partial charge in [-0.25, -0.2) is 9.97 Å². The van der Waals surface area contributed by atoms with Crippen LogP contribution in [0.2, 0.25) is 0 Å². The lowest BCUT2D eigenvalue weighted by molar-refractivity contribution is 0.446. The summed E-state index contributed by atoms with van der Waals surface area (Å²) in [6.07, 6.45) is 2.38. The number of benzene rings is 1. The molecule has 4 heteroatoms. The van der Waals surface area contributed by atoms with Gasteiger partial charge in [-0.15, -0.1) is 0 Å². The van der Waals surface area contributed by atoms with E-state index in [4.69, 9.17) is 4.98 Å². The Bertz CT molecular complexity index is 606. The molecule has 0 amide bonds. The topological polar surface area (TPSA) is 37.8 Å². The molecule has 1 unspecified atom stereocenters. The molecule has 1 fully saturated rings. The summed E-state index contributed by atoms with van der Waals surface area (Å²) in [4.78, 5) is 9.44. The molecule has 20 heavy (non-hydrogen) atoms. The van der Waals surface area contributed by atoms with Gasteiger partial charge >= 0.3 is 0 Å². The van der Waals surface area contributed by atoms with Crippen molar-refractivity contribution >= 4 is 15.9 Å². The van der Waals surface area contributed by atoms with Crippen LogP contribution in [0.3, 0.4) is 0 Å². The van der Waals surface area contributed by atoms with Gasteiger partial charge in [0.05, 0.1) is 5.69 Å². The minimum atomic E-state index is 0.439. The molecule has 1 N–H and O–H groups in total. The lowest BCUT2D eigenvalue weighted by Gasteiger charge is -2.22. The number of piperidine rings is 1. The summed E-state index contributed by atoms with van der Waals surface area (Å²) < 4.78 is 1.08. The zero-order valence-electron chi connectivity index (χ0n) is 11.6. The highest BCUT2D eigenvalue weighted by atomic mass is 79.9. The molecule has 2 aromatic rings. The lowest BCUT2D eigenvalue weighted by Crippen LogP contribution is -2.29. The number of nitrogens with zero attached hydrogens (tertiary/aromatic N) is 2. The first-order chi connectivity index (χ1) is 9.72. The number of hydrogen-bond acceptors (Lipinski definition) is 3. The van der Waals surface area contributed by atoms with Crippen molar-refractivity contribution in [1.29, 1.82) is 0 Å². The highest BCUT2D eigenvalue weighted by Crippen LogP contribution is 2.25. The van der Waals surface area contributed by atoms with E-state index >= 15 is 0 Å². The first-order valence-electron chi connectivity index (χ1n) is 7.04. The third-order valence-corrected chi connectivity index (χ3v) is 4.15. The van der Waals surface area contributed by atoms with Crippen LogP contribution in [0.4, 0.5) is 0 Å². The average Bonchev–Trinajstić information content (AvgIpc) is 2.47. The predicted molar refractivity (Wildman–Crippen MR) is 84.7 cm³/mol. The fourth-order valence-electron chi connectivity index (χ4n) is 2.64. The minimum Gasteiger partial charge on any atom is -0.316 e. The number of aromatic nitrogens is 2. The quantitative estimate of drug-likeness (QED) is 0.912. The van der Waals surface area contributed by atoms with Gasteiger partial charge in [-0.1, -0.05) is 28.1 Å². The number of nitrogens with one attached hydrogen (secondary N) is 1. The van der Waals surface area contributed by atoms with Gasteiger partial charge in [0.2, 0.25) is 0 Å². The second-order valence-electron chi connectivity index (χ2n) is 5.31. The zero-order valence-corrected chi connectivity index (χ0v) is 13.2. The Balaban J connectivity index is 1.97. The van der Waals surface area contributed by atoms with Crippen molar-refractivity contribution in [1.82, 2.24) is 15.3 Å². The average molecular weight is 332 g/mol. The van der Waals surface area contributed by atoms with Gasteiger partial charge in [-0.3, -0.25) is 0 Å². The molecule has 2 heterocycles. The molecule has 1 atom stereocenters. The number of aryl methyl sites for hydroxylation is 1. The summed E-state index contributed by atoms with van der Waals surface area (Å²) >= 11 is 3.52. The van der Waals surface area contributed by atoms with Crippen molar-refractivity contribution < 1.29 is 0 Å². The third-order valence-electron chi connectivity index (χ3n) is 3.65. The van der Waals surface area contributed by atoms with Crippen LogP contribution in [0.5, 0.6) is 0 Å².